The Kier molecular flexibility index (Phi) is 4.76. The van der Waals surface area contributed by atoms with E-state index in [0.717, 1.165) is 0 Å². The average molecular weight is 251 g/mol. The maximum Gasteiger partial charge on any atom is 0.316 e. The van der Waals surface area contributed by atoms with Gasteiger partial charge in [0.25, 0.3) is 0 Å². The van der Waals surface area contributed by atoms with Crippen LogP contribution in [0.5, 0.6) is 0 Å². The van der Waals surface area contributed by atoms with Crippen molar-refractivity contribution >= 4 is 17.6 Å². The van der Waals surface area contributed by atoms with Gasteiger partial charge < -0.3 is 9.64 Å². The predicted octanol–water partition coefficient (Wildman–Crippen LogP) is 0.925. The molecule has 0 aliphatic heterocycles. The Hall–Kier alpha value is -1.98. The number of ether oxygens (including phenoxy) is 1. The molecular formula is C12H17N3O3. The minimum absolute atomic E-state index is 0.217. The van der Waals surface area contributed by atoms with Gasteiger partial charge in [0.2, 0.25) is 0 Å². The van der Waals surface area contributed by atoms with Gasteiger partial charge in [0, 0.05) is 20.2 Å². The number of hydrogen-bond donors (Lipinski definition) is 0. The van der Waals surface area contributed by atoms with E-state index in [1.807, 2.05) is 14.1 Å². The van der Waals surface area contributed by atoms with Crippen molar-refractivity contribution in [1.29, 1.82) is 0 Å². The number of rotatable bonds is 5. The van der Waals surface area contributed by atoms with Crippen LogP contribution in [0.3, 0.4) is 0 Å². The highest BCUT2D eigenvalue weighted by atomic mass is 16.5. The molecule has 0 bridgehead atoms. The van der Waals surface area contributed by atoms with Crippen LogP contribution < -0.4 is 4.90 Å². The molecule has 0 saturated carbocycles. The summed E-state index contributed by atoms with van der Waals surface area (Å²) >= 11 is 0. The topological polar surface area (TPSA) is 72.4 Å². The van der Waals surface area contributed by atoms with Crippen molar-refractivity contribution in [3.05, 3.63) is 18.1 Å². The van der Waals surface area contributed by atoms with Crippen LogP contribution in [0.4, 0.5) is 5.82 Å². The summed E-state index contributed by atoms with van der Waals surface area (Å²) in [6.07, 6.45) is 1.31. The Bertz CT molecular complexity index is 446. The second-order valence-corrected chi connectivity index (χ2v) is 3.99. The fourth-order valence-electron chi connectivity index (χ4n) is 1.32. The summed E-state index contributed by atoms with van der Waals surface area (Å²) in [5.74, 6) is -1.13. The summed E-state index contributed by atoms with van der Waals surface area (Å²) in [7, 11) is 3.62. The first-order chi connectivity index (χ1) is 8.47. The normalized spacial score (nSPS) is 11.8. The van der Waals surface area contributed by atoms with Gasteiger partial charge in [0.15, 0.2) is 5.78 Å². The molecule has 1 rings (SSSR count). The Balaban J connectivity index is 2.90. The summed E-state index contributed by atoms with van der Waals surface area (Å²) < 4.78 is 4.81. The average Bonchev–Trinajstić information content (AvgIpc) is 2.37. The maximum atomic E-state index is 12.0. The Morgan fingerprint density at radius 3 is 2.61 bits per heavy atom. The number of carbonyl (C=O) groups is 2. The Labute approximate surface area is 106 Å². The van der Waals surface area contributed by atoms with Crippen LogP contribution in [0.1, 0.15) is 24.3 Å². The molecule has 1 heterocycles. The summed E-state index contributed by atoms with van der Waals surface area (Å²) in [5, 5.41) is 0. The number of carbonyl (C=O) groups excluding carboxylic acids is 2. The van der Waals surface area contributed by atoms with Crippen molar-refractivity contribution < 1.29 is 14.3 Å². The molecule has 0 aliphatic rings. The molecule has 98 valence electrons. The van der Waals surface area contributed by atoms with E-state index in [-0.39, 0.29) is 18.1 Å². The molecule has 18 heavy (non-hydrogen) atoms. The van der Waals surface area contributed by atoms with Crippen molar-refractivity contribution in [3.63, 3.8) is 0 Å². The minimum atomic E-state index is -0.852. The molecule has 0 spiro atoms. The van der Waals surface area contributed by atoms with Gasteiger partial charge in [0.05, 0.1) is 6.61 Å². The standard InChI is InChI=1S/C12H17N3O3/c1-5-18-12(17)8(2)11(16)9-6-10(15(3)4)14-7-13-9/h6-8H,5H2,1-4H3. The number of aromatic nitrogens is 2. The van der Waals surface area contributed by atoms with Crippen LogP contribution in [0, 0.1) is 5.92 Å². The molecule has 0 amide bonds. The molecule has 0 aromatic carbocycles. The van der Waals surface area contributed by atoms with Crippen LogP contribution in [-0.4, -0.2) is 42.4 Å². The second-order valence-electron chi connectivity index (χ2n) is 3.99. The lowest BCUT2D eigenvalue weighted by Gasteiger charge is -2.12. The molecule has 0 fully saturated rings. The van der Waals surface area contributed by atoms with E-state index in [1.54, 1.807) is 17.9 Å². The fraction of sp³-hybridized carbons (Fsp3) is 0.500. The molecule has 0 aliphatic carbocycles. The third kappa shape index (κ3) is 3.26. The minimum Gasteiger partial charge on any atom is -0.465 e. The van der Waals surface area contributed by atoms with E-state index in [1.165, 1.54) is 13.3 Å². The second kappa shape index (κ2) is 6.09. The fourth-order valence-corrected chi connectivity index (χ4v) is 1.32. The van der Waals surface area contributed by atoms with E-state index in [9.17, 15) is 9.59 Å². The van der Waals surface area contributed by atoms with Crippen molar-refractivity contribution in [3.8, 4) is 0 Å². The number of hydrogen-bond acceptors (Lipinski definition) is 6. The largest absolute Gasteiger partial charge is 0.465 e. The van der Waals surface area contributed by atoms with Crippen LogP contribution in [0.2, 0.25) is 0 Å². The zero-order valence-corrected chi connectivity index (χ0v) is 11.0. The number of ketones is 1. The van der Waals surface area contributed by atoms with Crippen molar-refractivity contribution in [1.82, 2.24) is 9.97 Å². The molecule has 0 saturated heterocycles. The van der Waals surface area contributed by atoms with Gasteiger partial charge in [-0.2, -0.15) is 0 Å². The van der Waals surface area contributed by atoms with E-state index in [4.69, 9.17) is 4.74 Å². The third-order valence-corrected chi connectivity index (χ3v) is 2.40. The first kappa shape index (κ1) is 14.1. The summed E-state index contributed by atoms with van der Waals surface area (Å²) in [4.78, 5) is 33.2. The molecule has 0 N–H and O–H groups in total. The summed E-state index contributed by atoms with van der Waals surface area (Å²) in [6.45, 7) is 3.46. The highest BCUT2D eigenvalue weighted by Crippen LogP contribution is 2.12. The van der Waals surface area contributed by atoms with E-state index >= 15 is 0 Å². The van der Waals surface area contributed by atoms with Gasteiger partial charge in [-0.25, -0.2) is 9.97 Å². The van der Waals surface area contributed by atoms with Crippen molar-refractivity contribution in [2.24, 2.45) is 5.92 Å². The van der Waals surface area contributed by atoms with Gasteiger partial charge in [-0.3, -0.25) is 9.59 Å². The van der Waals surface area contributed by atoms with Crippen molar-refractivity contribution in [2.75, 3.05) is 25.6 Å². The van der Waals surface area contributed by atoms with Crippen LogP contribution in [0.15, 0.2) is 12.4 Å². The highest BCUT2D eigenvalue weighted by molar-refractivity contribution is 6.07. The molecule has 0 radical (unpaired) electrons. The van der Waals surface area contributed by atoms with Gasteiger partial charge in [-0.05, 0) is 13.8 Å². The molecule has 1 aromatic rings. The lowest BCUT2D eigenvalue weighted by atomic mass is 10.0. The van der Waals surface area contributed by atoms with E-state index in [2.05, 4.69) is 9.97 Å². The highest BCUT2D eigenvalue weighted by Gasteiger charge is 2.25. The third-order valence-electron chi connectivity index (χ3n) is 2.40. The number of Topliss-reactive ketones (excluding diaryl/α,β-unsaturated/α-hetero) is 1. The quantitative estimate of drug-likeness (QED) is 0.440. The van der Waals surface area contributed by atoms with Gasteiger partial charge in [-0.15, -0.1) is 0 Å². The Morgan fingerprint density at radius 2 is 2.06 bits per heavy atom. The molecule has 6 heteroatoms. The maximum absolute atomic E-state index is 12.0. The lowest BCUT2D eigenvalue weighted by Crippen LogP contribution is -2.24. The zero-order valence-electron chi connectivity index (χ0n) is 11.0. The molecule has 1 unspecified atom stereocenters. The van der Waals surface area contributed by atoms with Gasteiger partial charge >= 0.3 is 5.97 Å². The summed E-state index contributed by atoms with van der Waals surface area (Å²) in [5.41, 5.74) is 0.217. The first-order valence-corrected chi connectivity index (χ1v) is 5.67. The lowest BCUT2D eigenvalue weighted by molar-refractivity contribution is -0.145. The van der Waals surface area contributed by atoms with E-state index < -0.39 is 11.9 Å². The van der Waals surface area contributed by atoms with Crippen molar-refractivity contribution in [2.45, 2.75) is 13.8 Å². The van der Waals surface area contributed by atoms with Gasteiger partial charge in [0.1, 0.15) is 23.8 Å². The first-order valence-electron chi connectivity index (χ1n) is 5.67. The monoisotopic (exact) mass is 251 g/mol. The van der Waals surface area contributed by atoms with E-state index in [0.29, 0.717) is 5.82 Å². The molecular weight excluding hydrogens is 234 g/mol. The van der Waals surface area contributed by atoms with Crippen LogP contribution in [0.25, 0.3) is 0 Å². The van der Waals surface area contributed by atoms with Crippen LogP contribution in [-0.2, 0) is 9.53 Å². The number of nitrogens with zero attached hydrogens (tertiary/aromatic N) is 3. The van der Waals surface area contributed by atoms with Crippen LogP contribution >= 0.6 is 0 Å². The summed E-state index contributed by atoms with van der Waals surface area (Å²) in [6, 6.07) is 1.55. The predicted molar refractivity (Wildman–Crippen MR) is 66.5 cm³/mol. The van der Waals surface area contributed by atoms with Gasteiger partial charge in [-0.1, -0.05) is 0 Å². The number of esters is 1. The smallest absolute Gasteiger partial charge is 0.316 e. The Morgan fingerprint density at radius 1 is 1.39 bits per heavy atom. The molecule has 1 atom stereocenters. The molecule has 1 aromatic heterocycles. The molecule has 6 nitrogen and oxygen atoms in total. The zero-order chi connectivity index (χ0) is 13.7. The number of anilines is 1. The SMILES string of the molecule is CCOC(=O)C(C)C(=O)c1cc(N(C)C)ncn1.